The van der Waals surface area contributed by atoms with Gasteiger partial charge in [0.1, 0.15) is 0 Å². The van der Waals surface area contributed by atoms with Crippen molar-refractivity contribution in [1.29, 1.82) is 0 Å². The van der Waals surface area contributed by atoms with E-state index in [2.05, 4.69) is 10.1 Å². The molecular formula is C8H10N2O. The zero-order valence-corrected chi connectivity index (χ0v) is 6.57. The first-order valence-corrected chi connectivity index (χ1v) is 3.35. The van der Waals surface area contributed by atoms with Gasteiger partial charge in [-0.1, -0.05) is 5.16 Å². The predicted molar refractivity (Wildman–Crippen MR) is 43.0 cm³/mol. The van der Waals surface area contributed by atoms with Crippen LogP contribution in [0.5, 0.6) is 0 Å². The average Bonchev–Trinajstić information content (AvgIpc) is 2.05. The van der Waals surface area contributed by atoms with Gasteiger partial charge in [-0.15, -0.1) is 0 Å². The molecule has 0 unspecified atom stereocenters. The summed E-state index contributed by atoms with van der Waals surface area (Å²) in [4.78, 5) is 4.06. The predicted octanol–water partition coefficient (Wildman–Crippen LogP) is 1.59. The minimum Gasteiger partial charge on any atom is -0.411 e. The van der Waals surface area contributed by atoms with Crippen LogP contribution in [0.4, 0.5) is 0 Å². The highest BCUT2D eigenvalue weighted by atomic mass is 16.4. The van der Waals surface area contributed by atoms with Crippen LogP contribution < -0.4 is 0 Å². The number of oxime groups is 1. The number of pyridine rings is 1. The van der Waals surface area contributed by atoms with Crippen LogP contribution >= 0.6 is 0 Å². The first-order chi connectivity index (χ1) is 5.24. The van der Waals surface area contributed by atoms with Crippen LogP contribution in [-0.2, 0) is 0 Å². The molecule has 58 valence electrons. The van der Waals surface area contributed by atoms with Gasteiger partial charge in [0, 0.05) is 17.5 Å². The average molecular weight is 150 g/mol. The third-order valence-corrected chi connectivity index (χ3v) is 1.48. The summed E-state index contributed by atoms with van der Waals surface area (Å²) in [6.45, 7) is 3.64. The summed E-state index contributed by atoms with van der Waals surface area (Å²) in [5, 5.41) is 11.5. The van der Waals surface area contributed by atoms with E-state index in [0.717, 1.165) is 11.3 Å². The zero-order valence-electron chi connectivity index (χ0n) is 6.57. The molecule has 0 atom stereocenters. The van der Waals surface area contributed by atoms with E-state index in [9.17, 15) is 0 Å². The van der Waals surface area contributed by atoms with E-state index >= 15 is 0 Å². The Morgan fingerprint density at radius 1 is 1.55 bits per heavy atom. The summed E-state index contributed by atoms with van der Waals surface area (Å²) in [5.41, 5.74) is 2.38. The van der Waals surface area contributed by atoms with Gasteiger partial charge in [-0.05, 0) is 26.0 Å². The van der Waals surface area contributed by atoms with Crippen molar-refractivity contribution in [3.63, 3.8) is 0 Å². The summed E-state index contributed by atoms with van der Waals surface area (Å²) >= 11 is 0. The van der Waals surface area contributed by atoms with Crippen molar-refractivity contribution in [2.45, 2.75) is 13.8 Å². The molecule has 0 aliphatic heterocycles. The van der Waals surface area contributed by atoms with E-state index in [0.29, 0.717) is 5.71 Å². The first-order valence-electron chi connectivity index (χ1n) is 3.35. The minimum atomic E-state index is 0.581. The Morgan fingerprint density at radius 3 is 2.73 bits per heavy atom. The maximum atomic E-state index is 8.42. The molecule has 1 heterocycles. The van der Waals surface area contributed by atoms with Crippen molar-refractivity contribution in [1.82, 2.24) is 4.98 Å². The van der Waals surface area contributed by atoms with E-state index in [1.807, 2.05) is 19.1 Å². The van der Waals surface area contributed by atoms with Crippen LogP contribution in [0, 0.1) is 6.92 Å². The van der Waals surface area contributed by atoms with Gasteiger partial charge in [0.2, 0.25) is 0 Å². The van der Waals surface area contributed by atoms with Crippen LogP contribution in [-0.4, -0.2) is 15.9 Å². The number of hydrogen-bond donors (Lipinski definition) is 1. The molecule has 1 aromatic heterocycles. The van der Waals surface area contributed by atoms with E-state index in [1.54, 1.807) is 13.1 Å². The highest BCUT2D eigenvalue weighted by Gasteiger charge is 1.95. The molecule has 0 spiro atoms. The number of nitrogens with zero attached hydrogens (tertiary/aromatic N) is 2. The van der Waals surface area contributed by atoms with Crippen molar-refractivity contribution in [3.05, 3.63) is 29.6 Å². The Bertz CT molecular complexity index is 264. The minimum absolute atomic E-state index is 0.581. The number of aromatic nitrogens is 1. The monoisotopic (exact) mass is 150 g/mol. The Labute approximate surface area is 65.4 Å². The molecule has 0 aromatic carbocycles. The molecular weight excluding hydrogens is 140 g/mol. The van der Waals surface area contributed by atoms with E-state index in [-0.39, 0.29) is 0 Å². The summed E-state index contributed by atoms with van der Waals surface area (Å²) in [5.74, 6) is 0. The van der Waals surface area contributed by atoms with Gasteiger partial charge in [-0.25, -0.2) is 0 Å². The van der Waals surface area contributed by atoms with Crippen LogP contribution in [0.25, 0.3) is 0 Å². The quantitative estimate of drug-likeness (QED) is 0.375. The Balaban J connectivity index is 2.99. The van der Waals surface area contributed by atoms with Crippen LogP contribution in [0.3, 0.4) is 0 Å². The van der Waals surface area contributed by atoms with Gasteiger partial charge in [0.15, 0.2) is 0 Å². The molecule has 1 rings (SSSR count). The maximum Gasteiger partial charge on any atom is 0.0852 e. The van der Waals surface area contributed by atoms with E-state index in [1.165, 1.54) is 0 Å². The fourth-order valence-electron chi connectivity index (χ4n) is 0.740. The summed E-state index contributed by atoms with van der Waals surface area (Å²) in [7, 11) is 0. The van der Waals surface area contributed by atoms with Gasteiger partial charge in [-0.2, -0.15) is 0 Å². The molecule has 11 heavy (non-hydrogen) atoms. The highest BCUT2D eigenvalue weighted by molar-refractivity contribution is 5.97. The van der Waals surface area contributed by atoms with E-state index < -0.39 is 0 Å². The maximum absolute atomic E-state index is 8.42. The second-order valence-electron chi connectivity index (χ2n) is 2.37. The second-order valence-corrected chi connectivity index (χ2v) is 2.37. The lowest BCUT2D eigenvalue weighted by Gasteiger charge is -1.96. The summed E-state index contributed by atoms with van der Waals surface area (Å²) in [6.07, 6.45) is 1.68. The molecule has 0 saturated heterocycles. The zero-order chi connectivity index (χ0) is 8.27. The molecule has 3 heteroatoms. The van der Waals surface area contributed by atoms with Crippen molar-refractivity contribution < 1.29 is 5.21 Å². The normalized spacial score (nSPS) is 11.6. The molecule has 0 fully saturated rings. The number of rotatable bonds is 1. The van der Waals surface area contributed by atoms with Crippen LogP contribution in [0.15, 0.2) is 23.5 Å². The summed E-state index contributed by atoms with van der Waals surface area (Å²) in [6, 6.07) is 3.75. The molecule has 0 aliphatic rings. The summed E-state index contributed by atoms with van der Waals surface area (Å²) < 4.78 is 0. The molecule has 0 aliphatic carbocycles. The fraction of sp³-hybridized carbons (Fsp3) is 0.250. The second kappa shape index (κ2) is 3.14. The lowest BCUT2D eigenvalue weighted by atomic mass is 10.2. The highest BCUT2D eigenvalue weighted by Crippen LogP contribution is 2.00. The SMILES string of the molecule is C/C(=N\O)c1ccc(C)nc1. The Morgan fingerprint density at radius 2 is 2.27 bits per heavy atom. The largest absolute Gasteiger partial charge is 0.411 e. The van der Waals surface area contributed by atoms with Crippen molar-refractivity contribution in [2.24, 2.45) is 5.16 Å². The van der Waals surface area contributed by atoms with Crippen LogP contribution in [0.1, 0.15) is 18.2 Å². The molecule has 0 bridgehead atoms. The van der Waals surface area contributed by atoms with Gasteiger partial charge in [0.05, 0.1) is 5.71 Å². The third-order valence-electron chi connectivity index (χ3n) is 1.48. The lowest BCUT2D eigenvalue weighted by molar-refractivity contribution is 0.319. The molecule has 0 saturated carbocycles. The number of hydrogen-bond acceptors (Lipinski definition) is 3. The molecule has 0 radical (unpaired) electrons. The number of aryl methyl sites for hydroxylation is 1. The molecule has 0 amide bonds. The standard InChI is InChI=1S/C8H10N2O/c1-6-3-4-8(5-9-6)7(2)10-11/h3-5,11H,1-2H3/b10-7+. The van der Waals surface area contributed by atoms with Crippen molar-refractivity contribution in [2.75, 3.05) is 0 Å². The first kappa shape index (κ1) is 7.72. The Hall–Kier alpha value is -1.38. The fourth-order valence-corrected chi connectivity index (χ4v) is 0.740. The molecule has 3 nitrogen and oxygen atoms in total. The Kier molecular flexibility index (Phi) is 2.21. The van der Waals surface area contributed by atoms with Gasteiger partial charge < -0.3 is 5.21 Å². The molecule has 1 aromatic rings. The molecule has 1 N–H and O–H groups in total. The van der Waals surface area contributed by atoms with Gasteiger partial charge >= 0.3 is 0 Å². The third kappa shape index (κ3) is 1.77. The van der Waals surface area contributed by atoms with E-state index in [4.69, 9.17) is 5.21 Å². The van der Waals surface area contributed by atoms with Gasteiger partial charge in [0.25, 0.3) is 0 Å². The smallest absolute Gasteiger partial charge is 0.0852 e. The van der Waals surface area contributed by atoms with Crippen molar-refractivity contribution in [3.8, 4) is 0 Å². The van der Waals surface area contributed by atoms with Crippen molar-refractivity contribution >= 4 is 5.71 Å². The van der Waals surface area contributed by atoms with Gasteiger partial charge in [-0.3, -0.25) is 4.98 Å². The lowest BCUT2D eigenvalue weighted by Crippen LogP contribution is -1.95. The van der Waals surface area contributed by atoms with Crippen LogP contribution in [0.2, 0.25) is 0 Å². The topological polar surface area (TPSA) is 45.5 Å².